The summed E-state index contributed by atoms with van der Waals surface area (Å²) in [6, 6.07) is 6.66. The summed E-state index contributed by atoms with van der Waals surface area (Å²) in [5.41, 5.74) is 1.13. The third kappa shape index (κ3) is 6.18. The highest BCUT2D eigenvalue weighted by Gasteiger charge is 2.21. The molecular formula is C18H29FN4. The van der Waals surface area contributed by atoms with Crippen LogP contribution in [0.15, 0.2) is 29.3 Å². The van der Waals surface area contributed by atoms with E-state index in [1.807, 2.05) is 12.1 Å². The lowest BCUT2D eigenvalue weighted by Crippen LogP contribution is -2.41. The van der Waals surface area contributed by atoms with Crippen LogP contribution in [-0.2, 0) is 6.42 Å². The Morgan fingerprint density at radius 1 is 1.30 bits per heavy atom. The molecule has 0 aliphatic carbocycles. The predicted octanol–water partition coefficient (Wildman–Crippen LogP) is 2.27. The molecule has 2 N–H and O–H groups in total. The van der Waals surface area contributed by atoms with Gasteiger partial charge in [0.15, 0.2) is 5.96 Å². The van der Waals surface area contributed by atoms with Gasteiger partial charge in [0.1, 0.15) is 5.82 Å². The molecule has 128 valence electrons. The van der Waals surface area contributed by atoms with Gasteiger partial charge in [-0.05, 0) is 56.0 Å². The van der Waals surface area contributed by atoms with E-state index in [0.29, 0.717) is 5.92 Å². The lowest BCUT2D eigenvalue weighted by atomic mass is 10.1. The Morgan fingerprint density at radius 2 is 2.09 bits per heavy atom. The van der Waals surface area contributed by atoms with Crippen LogP contribution < -0.4 is 10.6 Å². The standard InChI is InChI=1S/C18H29FN4/c1-3-11-23-12-9-16(14-23)13-22-18(20-2)21-10-8-15-4-6-17(19)7-5-15/h4-7,16H,3,8-14H2,1-2H3,(H2,20,21,22). The second kappa shape index (κ2) is 9.50. The highest BCUT2D eigenvalue weighted by molar-refractivity contribution is 5.79. The zero-order valence-corrected chi connectivity index (χ0v) is 14.3. The van der Waals surface area contributed by atoms with Crippen LogP contribution in [0.5, 0.6) is 0 Å². The second-order valence-corrected chi connectivity index (χ2v) is 6.21. The van der Waals surface area contributed by atoms with Crippen molar-refractivity contribution >= 4 is 5.96 Å². The Morgan fingerprint density at radius 3 is 2.78 bits per heavy atom. The monoisotopic (exact) mass is 320 g/mol. The van der Waals surface area contributed by atoms with E-state index in [2.05, 4.69) is 27.4 Å². The van der Waals surface area contributed by atoms with Crippen molar-refractivity contribution in [1.82, 2.24) is 15.5 Å². The maximum Gasteiger partial charge on any atom is 0.190 e. The lowest BCUT2D eigenvalue weighted by molar-refractivity contribution is 0.324. The molecule has 5 heteroatoms. The molecule has 0 radical (unpaired) electrons. The summed E-state index contributed by atoms with van der Waals surface area (Å²) in [7, 11) is 1.80. The van der Waals surface area contributed by atoms with Crippen LogP contribution in [0.1, 0.15) is 25.3 Å². The molecule has 1 aliphatic heterocycles. The van der Waals surface area contributed by atoms with Gasteiger partial charge in [-0.1, -0.05) is 19.1 Å². The van der Waals surface area contributed by atoms with E-state index in [4.69, 9.17) is 0 Å². The van der Waals surface area contributed by atoms with Crippen LogP contribution in [0.2, 0.25) is 0 Å². The van der Waals surface area contributed by atoms with E-state index >= 15 is 0 Å². The fraction of sp³-hybridized carbons (Fsp3) is 0.611. The normalized spacial score (nSPS) is 19.1. The molecule has 1 atom stereocenters. The molecule has 1 saturated heterocycles. The van der Waals surface area contributed by atoms with E-state index in [9.17, 15) is 4.39 Å². The Hall–Kier alpha value is -1.62. The van der Waals surface area contributed by atoms with Gasteiger partial charge in [-0.15, -0.1) is 0 Å². The van der Waals surface area contributed by atoms with Gasteiger partial charge in [0, 0.05) is 26.7 Å². The number of nitrogens with one attached hydrogen (secondary N) is 2. The summed E-state index contributed by atoms with van der Waals surface area (Å²) in [4.78, 5) is 6.81. The first kappa shape index (κ1) is 17.7. The van der Waals surface area contributed by atoms with Gasteiger partial charge < -0.3 is 15.5 Å². The first-order valence-corrected chi connectivity index (χ1v) is 8.62. The first-order chi connectivity index (χ1) is 11.2. The van der Waals surface area contributed by atoms with E-state index < -0.39 is 0 Å². The first-order valence-electron chi connectivity index (χ1n) is 8.62. The van der Waals surface area contributed by atoms with Crippen LogP contribution >= 0.6 is 0 Å². The SMILES string of the molecule is CCCN1CCC(CNC(=NC)NCCc2ccc(F)cc2)C1. The van der Waals surface area contributed by atoms with Gasteiger partial charge in [-0.25, -0.2) is 4.39 Å². The van der Waals surface area contributed by atoms with Gasteiger partial charge in [-0.3, -0.25) is 4.99 Å². The molecule has 23 heavy (non-hydrogen) atoms. The van der Waals surface area contributed by atoms with Crippen molar-refractivity contribution in [2.45, 2.75) is 26.2 Å². The molecule has 0 amide bonds. The van der Waals surface area contributed by atoms with Crippen LogP contribution in [-0.4, -0.2) is 50.6 Å². The number of aliphatic imine (C=N–C) groups is 1. The van der Waals surface area contributed by atoms with Crippen LogP contribution in [0.4, 0.5) is 4.39 Å². The quantitative estimate of drug-likeness (QED) is 0.598. The van der Waals surface area contributed by atoms with Gasteiger partial charge in [0.05, 0.1) is 0 Å². The Bertz CT molecular complexity index is 486. The number of benzene rings is 1. The summed E-state index contributed by atoms with van der Waals surface area (Å²) < 4.78 is 12.9. The summed E-state index contributed by atoms with van der Waals surface area (Å²) in [6.07, 6.45) is 3.35. The Balaban J connectivity index is 1.65. The number of hydrogen-bond donors (Lipinski definition) is 2. The van der Waals surface area contributed by atoms with Crippen molar-refractivity contribution in [2.75, 3.05) is 39.8 Å². The number of hydrogen-bond acceptors (Lipinski definition) is 2. The van der Waals surface area contributed by atoms with Crippen molar-refractivity contribution in [3.05, 3.63) is 35.6 Å². The minimum absolute atomic E-state index is 0.187. The molecular weight excluding hydrogens is 291 g/mol. The van der Waals surface area contributed by atoms with Gasteiger partial charge >= 0.3 is 0 Å². The molecule has 2 rings (SSSR count). The van der Waals surface area contributed by atoms with Crippen LogP contribution in [0, 0.1) is 11.7 Å². The van der Waals surface area contributed by atoms with Gasteiger partial charge in [0.2, 0.25) is 0 Å². The maximum atomic E-state index is 12.9. The number of nitrogens with zero attached hydrogens (tertiary/aromatic N) is 2. The molecule has 4 nitrogen and oxygen atoms in total. The zero-order chi connectivity index (χ0) is 16.5. The molecule has 0 aromatic heterocycles. The zero-order valence-electron chi connectivity index (χ0n) is 14.3. The minimum atomic E-state index is -0.187. The summed E-state index contributed by atoms with van der Waals surface area (Å²) in [6.45, 7) is 7.61. The largest absolute Gasteiger partial charge is 0.356 e. The molecule has 0 bridgehead atoms. The Labute approximate surface area is 139 Å². The second-order valence-electron chi connectivity index (χ2n) is 6.21. The molecule has 1 aromatic rings. The van der Waals surface area contributed by atoms with Crippen molar-refractivity contribution in [2.24, 2.45) is 10.9 Å². The lowest BCUT2D eigenvalue weighted by Gasteiger charge is -2.17. The van der Waals surface area contributed by atoms with Gasteiger partial charge in [-0.2, -0.15) is 0 Å². The third-order valence-corrected chi connectivity index (χ3v) is 4.31. The van der Waals surface area contributed by atoms with Crippen molar-refractivity contribution in [1.29, 1.82) is 0 Å². The minimum Gasteiger partial charge on any atom is -0.356 e. The Kier molecular flexibility index (Phi) is 7.33. The van der Waals surface area contributed by atoms with E-state index in [1.165, 1.54) is 44.6 Å². The average molecular weight is 320 g/mol. The smallest absolute Gasteiger partial charge is 0.190 e. The number of rotatable bonds is 7. The van der Waals surface area contributed by atoms with Crippen molar-refractivity contribution in [3.63, 3.8) is 0 Å². The van der Waals surface area contributed by atoms with Gasteiger partial charge in [0.25, 0.3) is 0 Å². The molecule has 0 saturated carbocycles. The van der Waals surface area contributed by atoms with Crippen molar-refractivity contribution in [3.8, 4) is 0 Å². The summed E-state index contributed by atoms with van der Waals surface area (Å²) >= 11 is 0. The molecule has 1 aliphatic rings. The van der Waals surface area contributed by atoms with E-state index in [1.54, 1.807) is 7.05 Å². The summed E-state index contributed by atoms with van der Waals surface area (Å²) in [5.74, 6) is 1.37. The number of likely N-dealkylation sites (tertiary alicyclic amines) is 1. The number of halogens is 1. The topological polar surface area (TPSA) is 39.7 Å². The molecule has 1 unspecified atom stereocenters. The highest BCUT2D eigenvalue weighted by Crippen LogP contribution is 2.15. The predicted molar refractivity (Wildman–Crippen MR) is 94.3 cm³/mol. The number of guanidine groups is 1. The maximum absolute atomic E-state index is 12.9. The fourth-order valence-corrected chi connectivity index (χ4v) is 3.04. The molecule has 1 fully saturated rings. The van der Waals surface area contributed by atoms with E-state index in [-0.39, 0.29) is 5.82 Å². The highest BCUT2D eigenvalue weighted by atomic mass is 19.1. The third-order valence-electron chi connectivity index (χ3n) is 4.31. The molecule has 1 aromatic carbocycles. The van der Waals surface area contributed by atoms with Crippen LogP contribution in [0.3, 0.4) is 0 Å². The average Bonchev–Trinajstić information content (AvgIpc) is 3.00. The summed E-state index contributed by atoms with van der Waals surface area (Å²) in [5, 5.41) is 6.75. The van der Waals surface area contributed by atoms with E-state index in [0.717, 1.165) is 31.0 Å². The van der Waals surface area contributed by atoms with Crippen molar-refractivity contribution < 1.29 is 4.39 Å². The molecule has 0 spiro atoms. The molecule has 1 heterocycles. The van der Waals surface area contributed by atoms with Crippen LogP contribution in [0.25, 0.3) is 0 Å². The fourth-order valence-electron chi connectivity index (χ4n) is 3.04.